The third kappa shape index (κ3) is 1.89. The summed E-state index contributed by atoms with van der Waals surface area (Å²) in [6.45, 7) is 0. The van der Waals surface area contributed by atoms with Crippen molar-refractivity contribution in [1.82, 2.24) is 0 Å². The second-order valence-corrected chi connectivity index (χ2v) is 5.10. The molecule has 0 atom stereocenters. The normalized spacial score (nSPS) is 10.7. The summed E-state index contributed by atoms with van der Waals surface area (Å²) in [6, 6.07) is 19.7. The minimum absolute atomic E-state index is 0.313. The third-order valence-electron chi connectivity index (χ3n) is 3.04. The minimum Gasteiger partial charge on any atom is -0.507 e. The lowest BCUT2D eigenvalue weighted by Crippen LogP contribution is -1.82. The van der Waals surface area contributed by atoms with Crippen LogP contribution < -0.4 is 0 Å². The van der Waals surface area contributed by atoms with E-state index in [4.69, 9.17) is 0 Å². The Labute approximate surface area is 114 Å². The van der Waals surface area contributed by atoms with Crippen molar-refractivity contribution in [2.45, 2.75) is 0 Å². The number of phenols is 1. The highest BCUT2D eigenvalue weighted by Gasteiger charge is 2.07. The van der Waals surface area contributed by atoms with Crippen molar-refractivity contribution in [3.05, 3.63) is 65.1 Å². The molecule has 3 aromatic rings. The highest BCUT2D eigenvalue weighted by atomic mass is 79.9. The predicted molar refractivity (Wildman–Crippen MR) is 78.7 cm³/mol. The quantitative estimate of drug-likeness (QED) is 0.672. The highest BCUT2D eigenvalue weighted by molar-refractivity contribution is 9.10. The summed E-state index contributed by atoms with van der Waals surface area (Å²) < 4.78 is 1.06. The van der Waals surface area contributed by atoms with Crippen LogP contribution >= 0.6 is 15.9 Å². The van der Waals surface area contributed by atoms with Crippen LogP contribution in [0.5, 0.6) is 5.75 Å². The summed E-state index contributed by atoms with van der Waals surface area (Å²) in [5, 5.41) is 12.3. The first-order valence-electron chi connectivity index (χ1n) is 5.72. The Balaban J connectivity index is 2.33. The molecule has 88 valence electrons. The fraction of sp³-hybridized carbons (Fsp3) is 0. The average Bonchev–Trinajstić information content (AvgIpc) is 2.38. The number of para-hydroxylation sites is 1. The first-order chi connectivity index (χ1) is 8.75. The molecule has 0 aliphatic heterocycles. The van der Waals surface area contributed by atoms with E-state index < -0.39 is 0 Å². The maximum absolute atomic E-state index is 9.97. The van der Waals surface area contributed by atoms with Gasteiger partial charge in [0.2, 0.25) is 0 Å². The molecule has 0 amide bonds. The van der Waals surface area contributed by atoms with Crippen molar-refractivity contribution < 1.29 is 5.11 Å². The molecule has 2 heteroatoms. The van der Waals surface area contributed by atoms with Gasteiger partial charge in [-0.15, -0.1) is 0 Å². The van der Waals surface area contributed by atoms with Gasteiger partial charge in [0.25, 0.3) is 0 Å². The van der Waals surface area contributed by atoms with Gasteiger partial charge >= 0.3 is 0 Å². The van der Waals surface area contributed by atoms with Crippen LogP contribution in [0.2, 0.25) is 0 Å². The molecule has 1 N–H and O–H groups in total. The molecule has 3 rings (SSSR count). The molecule has 18 heavy (non-hydrogen) atoms. The fourth-order valence-electron chi connectivity index (χ4n) is 2.19. The molecule has 0 aromatic heterocycles. The lowest BCUT2D eigenvalue weighted by atomic mass is 9.98. The zero-order valence-corrected chi connectivity index (χ0v) is 11.2. The summed E-state index contributed by atoms with van der Waals surface area (Å²) in [7, 11) is 0. The zero-order chi connectivity index (χ0) is 12.5. The fourth-order valence-corrected chi connectivity index (χ4v) is 2.57. The number of halogens is 1. The molecule has 0 heterocycles. The van der Waals surface area contributed by atoms with Gasteiger partial charge in [0.05, 0.1) is 0 Å². The Kier molecular flexibility index (Phi) is 2.80. The van der Waals surface area contributed by atoms with Crippen LogP contribution in [-0.2, 0) is 0 Å². The van der Waals surface area contributed by atoms with Crippen LogP contribution in [0.25, 0.3) is 21.9 Å². The van der Waals surface area contributed by atoms with Crippen molar-refractivity contribution >= 4 is 26.7 Å². The first kappa shape index (κ1) is 11.3. The molecule has 0 aliphatic carbocycles. The number of aromatic hydroxyl groups is 1. The summed E-state index contributed by atoms with van der Waals surface area (Å²) in [5.41, 5.74) is 1.92. The van der Waals surface area contributed by atoms with Crippen molar-refractivity contribution in [3.8, 4) is 16.9 Å². The molecule has 0 spiro atoms. The van der Waals surface area contributed by atoms with E-state index in [0.29, 0.717) is 5.75 Å². The molecule has 0 fully saturated rings. The molecule has 0 bridgehead atoms. The average molecular weight is 299 g/mol. The molecule has 1 nitrogen and oxygen atoms in total. The molecular weight excluding hydrogens is 288 g/mol. The summed E-state index contributed by atoms with van der Waals surface area (Å²) >= 11 is 3.48. The van der Waals surface area contributed by atoms with Crippen LogP contribution in [-0.4, -0.2) is 5.11 Å². The molecule has 0 radical (unpaired) electrons. The van der Waals surface area contributed by atoms with Crippen LogP contribution in [0.3, 0.4) is 0 Å². The SMILES string of the molecule is Oc1ccccc1-c1cccc2cc(Br)ccc12. The topological polar surface area (TPSA) is 20.2 Å². The largest absolute Gasteiger partial charge is 0.507 e. The number of hydrogen-bond acceptors (Lipinski definition) is 1. The van der Waals surface area contributed by atoms with Crippen molar-refractivity contribution in [1.29, 1.82) is 0 Å². The third-order valence-corrected chi connectivity index (χ3v) is 3.53. The lowest BCUT2D eigenvalue weighted by Gasteiger charge is -2.08. The van der Waals surface area contributed by atoms with E-state index in [0.717, 1.165) is 26.4 Å². The molecule has 0 aliphatic rings. The summed E-state index contributed by atoms with van der Waals surface area (Å²) in [4.78, 5) is 0. The number of rotatable bonds is 1. The Morgan fingerprint density at radius 1 is 0.778 bits per heavy atom. The van der Waals surface area contributed by atoms with Crippen molar-refractivity contribution in [3.63, 3.8) is 0 Å². The predicted octanol–water partition coefficient (Wildman–Crippen LogP) is 4.97. The molecule has 0 saturated heterocycles. The van der Waals surface area contributed by atoms with E-state index in [9.17, 15) is 5.11 Å². The Hall–Kier alpha value is -1.80. The zero-order valence-electron chi connectivity index (χ0n) is 9.60. The summed E-state index contributed by atoms with van der Waals surface area (Å²) in [5.74, 6) is 0.313. The van der Waals surface area contributed by atoms with Gasteiger partial charge in [-0.05, 0) is 34.5 Å². The van der Waals surface area contributed by atoms with Gasteiger partial charge in [-0.2, -0.15) is 0 Å². The van der Waals surface area contributed by atoms with Gasteiger partial charge in [-0.3, -0.25) is 0 Å². The smallest absolute Gasteiger partial charge is 0.123 e. The van der Waals surface area contributed by atoms with Crippen molar-refractivity contribution in [2.75, 3.05) is 0 Å². The van der Waals surface area contributed by atoms with E-state index in [1.54, 1.807) is 6.07 Å². The maximum atomic E-state index is 9.97. The molecule has 3 aromatic carbocycles. The monoisotopic (exact) mass is 298 g/mol. The second-order valence-electron chi connectivity index (χ2n) is 4.19. The Morgan fingerprint density at radius 3 is 2.39 bits per heavy atom. The van der Waals surface area contributed by atoms with E-state index >= 15 is 0 Å². The van der Waals surface area contributed by atoms with Gasteiger partial charge in [-0.1, -0.05) is 58.4 Å². The number of phenolic OH excluding ortho intramolecular Hbond substituents is 1. The maximum Gasteiger partial charge on any atom is 0.123 e. The lowest BCUT2D eigenvalue weighted by molar-refractivity contribution is 0.477. The Morgan fingerprint density at radius 2 is 1.56 bits per heavy atom. The van der Waals surface area contributed by atoms with Gasteiger partial charge in [0.1, 0.15) is 5.75 Å². The molecule has 0 unspecified atom stereocenters. The van der Waals surface area contributed by atoms with E-state index in [1.807, 2.05) is 36.4 Å². The second kappa shape index (κ2) is 4.46. The molecular formula is C16H11BrO. The van der Waals surface area contributed by atoms with Gasteiger partial charge in [0, 0.05) is 10.0 Å². The van der Waals surface area contributed by atoms with Crippen molar-refractivity contribution in [2.24, 2.45) is 0 Å². The first-order valence-corrected chi connectivity index (χ1v) is 6.51. The van der Waals surface area contributed by atoms with Crippen LogP contribution in [0.15, 0.2) is 65.1 Å². The van der Waals surface area contributed by atoms with Gasteiger partial charge in [-0.25, -0.2) is 0 Å². The molecule has 0 saturated carbocycles. The van der Waals surface area contributed by atoms with Crippen LogP contribution in [0.4, 0.5) is 0 Å². The van der Waals surface area contributed by atoms with E-state index in [2.05, 4.69) is 34.1 Å². The summed E-state index contributed by atoms with van der Waals surface area (Å²) in [6.07, 6.45) is 0. The Bertz CT molecular complexity index is 719. The number of hydrogen-bond donors (Lipinski definition) is 1. The highest BCUT2D eigenvalue weighted by Crippen LogP contribution is 2.34. The van der Waals surface area contributed by atoms with Crippen LogP contribution in [0.1, 0.15) is 0 Å². The standard InChI is InChI=1S/C16H11BrO/c17-12-8-9-13-11(10-12)4-3-6-14(13)15-5-1-2-7-16(15)18/h1-10,18H. The van der Waals surface area contributed by atoms with Gasteiger partial charge in [0.15, 0.2) is 0 Å². The minimum atomic E-state index is 0.313. The van der Waals surface area contributed by atoms with Gasteiger partial charge < -0.3 is 5.11 Å². The van der Waals surface area contributed by atoms with E-state index in [1.165, 1.54) is 0 Å². The van der Waals surface area contributed by atoms with E-state index in [-0.39, 0.29) is 0 Å². The van der Waals surface area contributed by atoms with Crippen LogP contribution in [0, 0.1) is 0 Å². The number of fused-ring (bicyclic) bond motifs is 1. The number of benzene rings is 3.